The molecular weight excluding hydrogens is 220 g/mol. The van der Waals surface area contributed by atoms with Crippen LogP contribution in [0.3, 0.4) is 0 Å². The number of nitrogen functional groups attached to an aromatic ring is 1. The topological polar surface area (TPSA) is 59.1 Å². The van der Waals surface area contributed by atoms with Crippen molar-refractivity contribution in [3.63, 3.8) is 0 Å². The maximum atomic E-state index is 8.44. The summed E-state index contributed by atoms with van der Waals surface area (Å²) in [6.45, 7) is -0.178. The van der Waals surface area contributed by atoms with Crippen molar-refractivity contribution in [3.8, 4) is 11.8 Å². The third-order valence-electron chi connectivity index (χ3n) is 1.15. The smallest absolute Gasteiger partial charge is 0.129 e. The molecule has 0 radical (unpaired) electrons. The van der Waals surface area contributed by atoms with Crippen molar-refractivity contribution in [2.45, 2.75) is 0 Å². The van der Waals surface area contributed by atoms with Crippen molar-refractivity contribution in [2.75, 3.05) is 12.3 Å². The fourth-order valence-corrected chi connectivity index (χ4v) is 0.988. The van der Waals surface area contributed by atoms with Crippen molar-refractivity contribution >= 4 is 21.7 Å². The summed E-state index contributed by atoms with van der Waals surface area (Å²) in [7, 11) is 0. The molecule has 0 spiro atoms. The number of aliphatic hydroxyl groups is 1. The van der Waals surface area contributed by atoms with Crippen molar-refractivity contribution in [1.29, 1.82) is 0 Å². The minimum absolute atomic E-state index is 0.178. The molecule has 12 heavy (non-hydrogen) atoms. The Morgan fingerprint density at radius 3 is 3.00 bits per heavy atom. The lowest BCUT2D eigenvalue weighted by Crippen LogP contribution is -1.93. The number of pyridine rings is 1. The standard InChI is InChI=1S/C8H7BrN2O/c9-6-3-4-8(10)11-7(6)2-1-5-12/h3-4,12H,5H2,(H2,10,11). The number of halogens is 1. The number of anilines is 1. The Bertz CT molecular complexity index is 341. The highest BCUT2D eigenvalue weighted by Gasteiger charge is 1.96. The third kappa shape index (κ3) is 2.22. The second-order valence-electron chi connectivity index (χ2n) is 2.03. The molecule has 0 saturated heterocycles. The van der Waals surface area contributed by atoms with Gasteiger partial charge in [0.25, 0.3) is 0 Å². The molecule has 1 rings (SSSR count). The van der Waals surface area contributed by atoms with Crippen LogP contribution in [0.4, 0.5) is 5.82 Å². The van der Waals surface area contributed by atoms with Crippen molar-refractivity contribution < 1.29 is 5.11 Å². The molecule has 0 amide bonds. The van der Waals surface area contributed by atoms with Crippen LogP contribution in [0.25, 0.3) is 0 Å². The second kappa shape index (κ2) is 4.10. The van der Waals surface area contributed by atoms with Crippen LogP contribution in [0.2, 0.25) is 0 Å². The highest BCUT2D eigenvalue weighted by Crippen LogP contribution is 2.14. The first-order valence-corrected chi connectivity index (χ1v) is 4.05. The van der Waals surface area contributed by atoms with Crippen LogP contribution in [0.5, 0.6) is 0 Å². The van der Waals surface area contributed by atoms with E-state index in [9.17, 15) is 0 Å². The molecule has 0 atom stereocenters. The quantitative estimate of drug-likeness (QED) is 0.643. The van der Waals surface area contributed by atoms with Gasteiger partial charge in [-0.05, 0) is 34.0 Å². The van der Waals surface area contributed by atoms with E-state index < -0.39 is 0 Å². The van der Waals surface area contributed by atoms with E-state index in [2.05, 4.69) is 32.8 Å². The molecule has 0 aliphatic carbocycles. The van der Waals surface area contributed by atoms with Gasteiger partial charge in [-0.1, -0.05) is 5.92 Å². The average Bonchev–Trinajstić information content (AvgIpc) is 2.07. The summed E-state index contributed by atoms with van der Waals surface area (Å²) >= 11 is 3.26. The van der Waals surface area contributed by atoms with E-state index in [0.717, 1.165) is 4.47 Å². The Kier molecular flexibility index (Phi) is 3.09. The minimum atomic E-state index is -0.178. The van der Waals surface area contributed by atoms with Crippen LogP contribution in [0.1, 0.15) is 5.69 Å². The lowest BCUT2D eigenvalue weighted by molar-refractivity contribution is 0.350. The van der Waals surface area contributed by atoms with Gasteiger partial charge in [0.2, 0.25) is 0 Å². The summed E-state index contributed by atoms with van der Waals surface area (Å²) in [4.78, 5) is 3.96. The Hall–Kier alpha value is -1.05. The maximum Gasteiger partial charge on any atom is 0.129 e. The molecule has 1 aromatic heterocycles. The monoisotopic (exact) mass is 226 g/mol. The molecule has 62 valence electrons. The Balaban J connectivity index is 3.05. The van der Waals surface area contributed by atoms with Crippen molar-refractivity contribution in [3.05, 3.63) is 22.3 Å². The van der Waals surface area contributed by atoms with Crippen LogP contribution in [-0.4, -0.2) is 16.7 Å². The molecule has 0 unspecified atom stereocenters. The van der Waals surface area contributed by atoms with Gasteiger partial charge in [0, 0.05) is 0 Å². The first-order valence-electron chi connectivity index (χ1n) is 3.26. The van der Waals surface area contributed by atoms with Gasteiger partial charge < -0.3 is 10.8 Å². The van der Waals surface area contributed by atoms with Crippen molar-refractivity contribution in [1.82, 2.24) is 4.98 Å². The van der Waals surface area contributed by atoms with Gasteiger partial charge >= 0.3 is 0 Å². The number of nitrogens with zero attached hydrogens (tertiary/aromatic N) is 1. The number of hydrogen-bond acceptors (Lipinski definition) is 3. The number of nitrogens with two attached hydrogens (primary N) is 1. The van der Waals surface area contributed by atoms with Gasteiger partial charge in [0.1, 0.15) is 18.1 Å². The summed E-state index contributed by atoms with van der Waals surface area (Å²) in [6.07, 6.45) is 0. The molecule has 3 N–H and O–H groups in total. The summed E-state index contributed by atoms with van der Waals surface area (Å²) in [5.41, 5.74) is 5.98. The summed E-state index contributed by atoms with van der Waals surface area (Å²) < 4.78 is 0.776. The predicted octanol–water partition coefficient (Wildman–Crippen LogP) is 0.770. The number of aromatic nitrogens is 1. The first kappa shape index (κ1) is 9.04. The molecular formula is C8H7BrN2O. The van der Waals surface area contributed by atoms with Crippen LogP contribution >= 0.6 is 15.9 Å². The summed E-state index contributed by atoms with van der Waals surface area (Å²) in [5.74, 6) is 5.57. The molecule has 0 aliphatic heterocycles. The number of aliphatic hydroxyl groups excluding tert-OH is 1. The predicted molar refractivity (Wildman–Crippen MR) is 50.3 cm³/mol. The zero-order chi connectivity index (χ0) is 8.97. The first-order chi connectivity index (χ1) is 5.74. The van der Waals surface area contributed by atoms with Gasteiger partial charge in [-0.15, -0.1) is 0 Å². The summed E-state index contributed by atoms with van der Waals surface area (Å²) in [6, 6.07) is 3.44. The lowest BCUT2D eigenvalue weighted by atomic mass is 10.3. The van der Waals surface area contributed by atoms with E-state index in [1.54, 1.807) is 12.1 Å². The van der Waals surface area contributed by atoms with Gasteiger partial charge in [0.15, 0.2) is 0 Å². The Morgan fingerprint density at radius 1 is 1.58 bits per heavy atom. The van der Waals surface area contributed by atoms with Gasteiger partial charge in [-0.25, -0.2) is 4.98 Å². The largest absolute Gasteiger partial charge is 0.384 e. The maximum absolute atomic E-state index is 8.44. The van der Waals surface area contributed by atoms with E-state index >= 15 is 0 Å². The molecule has 0 fully saturated rings. The van der Waals surface area contributed by atoms with Crippen molar-refractivity contribution in [2.24, 2.45) is 0 Å². The molecule has 4 heteroatoms. The fourth-order valence-electron chi connectivity index (χ4n) is 0.668. The zero-order valence-corrected chi connectivity index (χ0v) is 7.80. The molecule has 0 bridgehead atoms. The molecule has 0 saturated carbocycles. The molecule has 1 heterocycles. The second-order valence-corrected chi connectivity index (χ2v) is 2.88. The van der Waals surface area contributed by atoms with Crippen LogP contribution < -0.4 is 5.73 Å². The zero-order valence-electron chi connectivity index (χ0n) is 6.21. The highest BCUT2D eigenvalue weighted by atomic mass is 79.9. The van der Waals surface area contributed by atoms with Crippen LogP contribution in [0, 0.1) is 11.8 Å². The highest BCUT2D eigenvalue weighted by molar-refractivity contribution is 9.10. The molecule has 3 nitrogen and oxygen atoms in total. The molecule has 0 aliphatic rings. The van der Waals surface area contributed by atoms with Crippen LogP contribution in [-0.2, 0) is 0 Å². The van der Waals surface area contributed by atoms with Gasteiger partial charge in [0.05, 0.1) is 4.47 Å². The molecule has 0 aromatic carbocycles. The average molecular weight is 227 g/mol. The Morgan fingerprint density at radius 2 is 2.33 bits per heavy atom. The van der Waals surface area contributed by atoms with Crippen LogP contribution in [0.15, 0.2) is 16.6 Å². The Labute approximate surface area is 78.7 Å². The molecule has 1 aromatic rings. The number of rotatable bonds is 0. The SMILES string of the molecule is Nc1ccc(Br)c(C#CCO)n1. The fraction of sp³-hybridized carbons (Fsp3) is 0.125. The minimum Gasteiger partial charge on any atom is -0.384 e. The van der Waals surface area contributed by atoms with Gasteiger partial charge in [-0.3, -0.25) is 0 Å². The third-order valence-corrected chi connectivity index (χ3v) is 1.79. The number of hydrogen-bond donors (Lipinski definition) is 2. The van der Waals surface area contributed by atoms with Gasteiger partial charge in [-0.2, -0.15) is 0 Å². The lowest BCUT2D eigenvalue weighted by Gasteiger charge is -1.95. The van der Waals surface area contributed by atoms with E-state index in [-0.39, 0.29) is 6.61 Å². The summed E-state index contributed by atoms with van der Waals surface area (Å²) in [5, 5.41) is 8.44. The van der Waals surface area contributed by atoms with E-state index in [1.807, 2.05) is 0 Å². The van der Waals surface area contributed by atoms with E-state index in [1.165, 1.54) is 0 Å². The van der Waals surface area contributed by atoms with E-state index in [0.29, 0.717) is 11.5 Å². The normalized spacial score (nSPS) is 8.83. The van der Waals surface area contributed by atoms with E-state index in [4.69, 9.17) is 10.8 Å².